The zero-order chi connectivity index (χ0) is 19.9. The first-order valence-corrected chi connectivity index (χ1v) is 10.5. The Morgan fingerprint density at radius 3 is 2.79 bits per heavy atom. The first kappa shape index (κ1) is 20.6. The molecular formula is C22H23ClN2O2S. The van der Waals surface area contributed by atoms with Crippen molar-refractivity contribution in [2.45, 2.75) is 36.3 Å². The van der Waals surface area contributed by atoms with Gasteiger partial charge in [-0.15, -0.1) is 0 Å². The number of rotatable bonds is 8. The molecule has 1 amide bonds. The van der Waals surface area contributed by atoms with Gasteiger partial charge >= 0.3 is 0 Å². The van der Waals surface area contributed by atoms with Gasteiger partial charge in [0.25, 0.3) is 5.91 Å². The summed E-state index contributed by atoms with van der Waals surface area (Å²) < 4.78 is 5.52. The van der Waals surface area contributed by atoms with Gasteiger partial charge in [0.1, 0.15) is 5.03 Å². The third kappa shape index (κ3) is 5.71. The number of hydrogen-bond acceptors (Lipinski definition) is 4. The van der Waals surface area contributed by atoms with Crippen LogP contribution in [0, 0.1) is 0 Å². The van der Waals surface area contributed by atoms with Gasteiger partial charge in [0.2, 0.25) is 0 Å². The summed E-state index contributed by atoms with van der Waals surface area (Å²) in [5.74, 6) is -0.101. The van der Waals surface area contributed by atoms with Crippen molar-refractivity contribution in [1.82, 2.24) is 10.3 Å². The average molecular weight is 415 g/mol. The molecule has 1 aromatic heterocycles. The first-order chi connectivity index (χ1) is 13.5. The SMILES string of the molecule is CC(C)OCCCNC(=O)c1cc(Sc2cccc(Cl)c2)nc2ccccc12. The highest BCUT2D eigenvalue weighted by Gasteiger charge is 2.13. The lowest BCUT2D eigenvalue weighted by Crippen LogP contribution is -2.26. The predicted octanol–water partition coefficient (Wildman–Crippen LogP) is 5.58. The molecule has 1 N–H and O–H groups in total. The zero-order valence-corrected chi connectivity index (χ0v) is 17.5. The zero-order valence-electron chi connectivity index (χ0n) is 15.9. The summed E-state index contributed by atoms with van der Waals surface area (Å²) in [7, 11) is 0. The van der Waals surface area contributed by atoms with E-state index in [2.05, 4.69) is 5.32 Å². The number of aromatic nitrogens is 1. The molecule has 4 nitrogen and oxygen atoms in total. The normalized spacial score (nSPS) is 11.1. The molecule has 0 radical (unpaired) electrons. The number of ether oxygens (including phenoxy) is 1. The molecule has 0 aliphatic carbocycles. The number of carbonyl (C=O) groups excluding carboxylic acids is 1. The van der Waals surface area contributed by atoms with E-state index in [1.165, 1.54) is 11.8 Å². The second-order valence-electron chi connectivity index (χ2n) is 6.61. The van der Waals surface area contributed by atoms with Gasteiger partial charge < -0.3 is 10.1 Å². The van der Waals surface area contributed by atoms with Crippen LogP contribution >= 0.6 is 23.4 Å². The van der Waals surface area contributed by atoms with Crippen LogP contribution in [0.25, 0.3) is 10.9 Å². The smallest absolute Gasteiger partial charge is 0.252 e. The molecule has 0 aliphatic heterocycles. The number of nitrogens with one attached hydrogen (secondary N) is 1. The Hall–Kier alpha value is -2.08. The molecular weight excluding hydrogens is 392 g/mol. The van der Waals surface area contributed by atoms with Gasteiger partial charge in [0.05, 0.1) is 17.2 Å². The van der Waals surface area contributed by atoms with Gasteiger partial charge in [-0.05, 0) is 50.6 Å². The van der Waals surface area contributed by atoms with Crippen molar-refractivity contribution in [2.75, 3.05) is 13.2 Å². The second-order valence-corrected chi connectivity index (χ2v) is 8.14. The summed E-state index contributed by atoms with van der Waals surface area (Å²) in [6, 6.07) is 17.1. The van der Waals surface area contributed by atoms with Gasteiger partial charge in [0, 0.05) is 28.5 Å². The topological polar surface area (TPSA) is 51.2 Å². The molecule has 0 aliphatic rings. The number of benzene rings is 2. The Balaban J connectivity index is 1.79. The van der Waals surface area contributed by atoms with Crippen molar-refractivity contribution in [1.29, 1.82) is 0 Å². The number of halogens is 1. The summed E-state index contributed by atoms with van der Waals surface area (Å²) in [5.41, 5.74) is 1.42. The van der Waals surface area contributed by atoms with Crippen molar-refractivity contribution < 1.29 is 9.53 Å². The summed E-state index contributed by atoms with van der Waals surface area (Å²) in [5, 5.41) is 5.26. The molecule has 2 aromatic carbocycles. The largest absolute Gasteiger partial charge is 0.379 e. The van der Waals surface area contributed by atoms with Crippen LogP contribution in [0.15, 0.2) is 64.5 Å². The molecule has 28 heavy (non-hydrogen) atoms. The van der Waals surface area contributed by atoms with Gasteiger partial charge in [-0.25, -0.2) is 4.98 Å². The summed E-state index contributed by atoms with van der Waals surface area (Å²) in [6.07, 6.45) is 0.975. The lowest BCUT2D eigenvalue weighted by Gasteiger charge is -2.11. The maximum atomic E-state index is 12.8. The quantitative estimate of drug-likeness (QED) is 0.488. The number of amides is 1. The fraction of sp³-hybridized carbons (Fsp3) is 0.273. The van der Waals surface area contributed by atoms with Crippen LogP contribution in [-0.2, 0) is 4.74 Å². The van der Waals surface area contributed by atoms with Crippen LogP contribution in [0.4, 0.5) is 0 Å². The maximum absolute atomic E-state index is 12.8. The molecule has 0 spiro atoms. The van der Waals surface area contributed by atoms with E-state index in [0.29, 0.717) is 23.7 Å². The van der Waals surface area contributed by atoms with Crippen molar-refractivity contribution in [3.63, 3.8) is 0 Å². The van der Waals surface area contributed by atoms with E-state index in [0.717, 1.165) is 27.2 Å². The van der Waals surface area contributed by atoms with Crippen LogP contribution in [0.1, 0.15) is 30.6 Å². The predicted molar refractivity (Wildman–Crippen MR) is 115 cm³/mol. The van der Waals surface area contributed by atoms with Gasteiger partial charge in [-0.3, -0.25) is 4.79 Å². The number of para-hydroxylation sites is 1. The average Bonchev–Trinajstić information content (AvgIpc) is 2.66. The number of pyridine rings is 1. The second kappa shape index (κ2) is 9.92. The molecule has 0 bridgehead atoms. The van der Waals surface area contributed by atoms with Gasteiger partial charge in [-0.1, -0.05) is 47.6 Å². The summed E-state index contributed by atoms with van der Waals surface area (Å²) in [6.45, 7) is 5.20. The van der Waals surface area contributed by atoms with Crippen molar-refractivity contribution in [2.24, 2.45) is 0 Å². The lowest BCUT2D eigenvalue weighted by molar-refractivity contribution is 0.0757. The molecule has 0 fully saturated rings. The molecule has 1 heterocycles. The maximum Gasteiger partial charge on any atom is 0.252 e. The van der Waals surface area contributed by atoms with E-state index in [9.17, 15) is 4.79 Å². The standard InChI is InChI=1S/C22H23ClN2O2S/c1-15(2)27-12-6-11-24-22(26)19-14-21(25-20-10-4-3-9-18(19)20)28-17-8-5-7-16(23)13-17/h3-5,7-10,13-15H,6,11-12H2,1-2H3,(H,24,26). The van der Waals surface area contributed by atoms with Crippen LogP contribution in [0.2, 0.25) is 5.02 Å². The Morgan fingerprint density at radius 2 is 2.00 bits per heavy atom. The molecule has 3 rings (SSSR count). The van der Waals surface area contributed by atoms with Crippen molar-refractivity contribution in [3.05, 3.63) is 65.2 Å². The molecule has 146 valence electrons. The number of nitrogens with zero attached hydrogens (tertiary/aromatic N) is 1. The van der Waals surface area contributed by atoms with Gasteiger partial charge in [0.15, 0.2) is 0 Å². The Kier molecular flexibility index (Phi) is 7.31. The highest BCUT2D eigenvalue weighted by atomic mass is 35.5. The fourth-order valence-corrected chi connectivity index (χ4v) is 3.88. The van der Waals surface area contributed by atoms with E-state index in [1.807, 2.05) is 68.4 Å². The first-order valence-electron chi connectivity index (χ1n) is 9.26. The molecule has 0 unspecified atom stereocenters. The molecule has 3 aromatic rings. The van der Waals surface area contributed by atoms with E-state index < -0.39 is 0 Å². The summed E-state index contributed by atoms with van der Waals surface area (Å²) in [4.78, 5) is 18.5. The van der Waals surface area contributed by atoms with Crippen molar-refractivity contribution >= 4 is 40.2 Å². The third-order valence-corrected chi connectivity index (χ3v) is 5.16. The number of carbonyl (C=O) groups is 1. The van der Waals surface area contributed by atoms with Crippen LogP contribution < -0.4 is 5.32 Å². The highest BCUT2D eigenvalue weighted by molar-refractivity contribution is 7.99. The minimum Gasteiger partial charge on any atom is -0.379 e. The molecule has 0 saturated heterocycles. The van der Waals surface area contributed by atoms with Crippen LogP contribution in [-0.4, -0.2) is 30.1 Å². The lowest BCUT2D eigenvalue weighted by atomic mass is 10.1. The van der Waals surface area contributed by atoms with E-state index in [1.54, 1.807) is 0 Å². The number of hydrogen-bond donors (Lipinski definition) is 1. The molecule has 6 heteroatoms. The minimum absolute atomic E-state index is 0.101. The van der Waals surface area contributed by atoms with E-state index in [-0.39, 0.29) is 12.0 Å². The highest BCUT2D eigenvalue weighted by Crippen LogP contribution is 2.31. The molecule has 0 atom stereocenters. The van der Waals surface area contributed by atoms with E-state index >= 15 is 0 Å². The van der Waals surface area contributed by atoms with Crippen LogP contribution in [0.3, 0.4) is 0 Å². The monoisotopic (exact) mass is 414 g/mol. The van der Waals surface area contributed by atoms with Gasteiger partial charge in [-0.2, -0.15) is 0 Å². The third-order valence-electron chi connectivity index (χ3n) is 4.01. The molecule has 0 saturated carbocycles. The number of fused-ring (bicyclic) bond motifs is 1. The summed E-state index contributed by atoms with van der Waals surface area (Å²) >= 11 is 7.57. The van der Waals surface area contributed by atoms with Crippen molar-refractivity contribution in [3.8, 4) is 0 Å². The minimum atomic E-state index is -0.101. The fourth-order valence-electron chi connectivity index (χ4n) is 2.73. The Morgan fingerprint density at radius 1 is 1.18 bits per heavy atom. The van der Waals surface area contributed by atoms with E-state index in [4.69, 9.17) is 21.3 Å². The van der Waals surface area contributed by atoms with Crippen LogP contribution in [0.5, 0.6) is 0 Å². The Bertz CT molecular complexity index is 962. The Labute approximate surface area is 174 Å².